The van der Waals surface area contributed by atoms with Gasteiger partial charge in [-0.25, -0.2) is 0 Å². The minimum absolute atomic E-state index is 0.0906. The molecule has 4 heteroatoms. The molecule has 4 nitrogen and oxygen atoms in total. The van der Waals surface area contributed by atoms with E-state index in [1.165, 1.54) is 7.11 Å². The minimum Gasteiger partial charge on any atom is -0.504 e. The fourth-order valence-corrected chi connectivity index (χ4v) is 1.59. The largest absolute Gasteiger partial charge is 0.504 e. The molecule has 2 rings (SSSR count). The molecule has 0 saturated heterocycles. The zero-order valence-corrected chi connectivity index (χ0v) is 9.15. The number of benzene rings is 1. The van der Waals surface area contributed by atoms with Gasteiger partial charge in [-0.2, -0.15) is 0 Å². The molecule has 2 N–H and O–H groups in total. The topological polar surface area (TPSA) is 54.5 Å². The van der Waals surface area contributed by atoms with Gasteiger partial charge < -0.3 is 19.6 Å². The van der Waals surface area contributed by atoms with Gasteiger partial charge >= 0.3 is 0 Å². The molecule has 0 aliphatic heterocycles. The van der Waals surface area contributed by atoms with Gasteiger partial charge in [-0.1, -0.05) is 0 Å². The highest BCUT2D eigenvalue weighted by atomic mass is 16.5. The number of methoxy groups -OCH3 is 2. The molecule has 0 amide bonds. The van der Waals surface area contributed by atoms with E-state index in [1.54, 1.807) is 19.2 Å². The molecule has 1 heterocycles. The molecule has 0 aliphatic carbocycles. The zero-order chi connectivity index (χ0) is 11.5. The second-order valence-electron chi connectivity index (χ2n) is 3.31. The Labute approximate surface area is 93.4 Å². The summed E-state index contributed by atoms with van der Waals surface area (Å²) in [7, 11) is 3.08. The molecule has 2 aromatic rings. The van der Waals surface area contributed by atoms with Gasteiger partial charge in [-0.05, 0) is 18.2 Å². The second-order valence-corrected chi connectivity index (χ2v) is 3.31. The van der Waals surface area contributed by atoms with Gasteiger partial charge in [0.15, 0.2) is 11.5 Å². The van der Waals surface area contributed by atoms with Crippen molar-refractivity contribution in [1.29, 1.82) is 0 Å². The molecular formula is C12H13NO3. The Balaban J connectivity index is 2.57. The quantitative estimate of drug-likeness (QED) is 0.833. The third-order valence-corrected chi connectivity index (χ3v) is 2.39. The summed E-state index contributed by atoms with van der Waals surface area (Å²) in [4.78, 5) is 3.06. The highest BCUT2D eigenvalue weighted by molar-refractivity contribution is 5.71. The van der Waals surface area contributed by atoms with Crippen molar-refractivity contribution in [2.75, 3.05) is 14.2 Å². The van der Waals surface area contributed by atoms with Crippen LogP contribution in [-0.2, 0) is 0 Å². The summed E-state index contributed by atoms with van der Waals surface area (Å²) in [6.07, 6.45) is 1.82. The minimum atomic E-state index is 0.0906. The number of aromatic nitrogens is 1. The van der Waals surface area contributed by atoms with E-state index in [-0.39, 0.29) is 5.75 Å². The summed E-state index contributed by atoms with van der Waals surface area (Å²) >= 11 is 0. The van der Waals surface area contributed by atoms with E-state index in [0.29, 0.717) is 11.5 Å². The van der Waals surface area contributed by atoms with E-state index < -0.39 is 0 Å². The number of aromatic hydroxyl groups is 1. The summed E-state index contributed by atoms with van der Waals surface area (Å²) in [6.45, 7) is 0. The van der Waals surface area contributed by atoms with Gasteiger partial charge in [0.1, 0.15) is 5.75 Å². The lowest BCUT2D eigenvalue weighted by Crippen LogP contribution is -1.91. The molecule has 16 heavy (non-hydrogen) atoms. The maximum Gasteiger partial charge on any atom is 0.164 e. The van der Waals surface area contributed by atoms with Gasteiger partial charge in [0.05, 0.1) is 14.2 Å². The Morgan fingerprint density at radius 2 is 1.88 bits per heavy atom. The third-order valence-electron chi connectivity index (χ3n) is 2.39. The van der Waals surface area contributed by atoms with Crippen molar-refractivity contribution in [3.63, 3.8) is 0 Å². The van der Waals surface area contributed by atoms with Gasteiger partial charge in [-0.3, -0.25) is 0 Å². The summed E-state index contributed by atoms with van der Waals surface area (Å²) in [5.41, 5.74) is 1.68. The van der Waals surface area contributed by atoms with Crippen LogP contribution in [0.25, 0.3) is 11.3 Å². The van der Waals surface area contributed by atoms with Gasteiger partial charge in [0.2, 0.25) is 0 Å². The molecule has 0 bridgehead atoms. The Bertz CT molecular complexity index is 477. The molecular weight excluding hydrogens is 206 g/mol. The average Bonchev–Trinajstić information content (AvgIpc) is 2.82. The van der Waals surface area contributed by atoms with Crippen LogP contribution < -0.4 is 9.47 Å². The average molecular weight is 219 g/mol. The fourth-order valence-electron chi connectivity index (χ4n) is 1.59. The van der Waals surface area contributed by atoms with Crippen molar-refractivity contribution >= 4 is 0 Å². The Morgan fingerprint density at radius 3 is 2.44 bits per heavy atom. The van der Waals surface area contributed by atoms with Crippen LogP contribution in [-0.4, -0.2) is 24.3 Å². The standard InChI is InChI=1S/C12H13NO3/c1-15-11-7-12(16-2)10(14)6-8(11)9-4-3-5-13-9/h3-7,13-14H,1-2H3. The lowest BCUT2D eigenvalue weighted by Gasteiger charge is -2.10. The molecule has 0 fully saturated rings. The lowest BCUT2D eigenvalue weighted by molar-refractivity contribution is 0.365. The van der Waals surface area contributed by atoms with E-state index in [1.807, 2.05) is 18.3 Å². The van der Waals surface area contributed by atoms with Crippen molar-refractivity contribution in [2.24, 2.45) is 0 Å². The third kappa shape index (κ3) is 1.69. The molecule has 0 radical (unpaired) electrons. The molecule has 0 aliphatic rings. The van der Waals surface area contributed by atoms with Crippen LogP contribution >= 0.6 is 0 Å². The molecule has 0 atom stereocenters. The zero-order valence-electron chi connectivity index (χ0n) is 9.15. The maximum atomic E-state index is 9.72. The van der Waals surface area contributed by atoms with Crippen LogP contribution in [0.4, 0.5) is 0 Å². The van der Waals surface area contributed by atoms with Crippen LogP contribution in [0.5, 0.6) is 17.2 Å². The predicted octanol–water partition coefficient (Wildman–Crippen LogP) is 2.40. The number of ether oxygens (including phenoxy) is 2. The normalized spacial score (nSPS) is 10.1. The van der Waals surface area contributed by atoms with Crippen molar-refractivity contribution < 1.29 is 14.6 Å². The predicted molar refractivity (Wildman–Crippen MR) is 61.0 cm³/mol. The van der Waals surface area contributed by atoms with E-state index >= 15 is 0 Å². The van der Waals surface area contributed by atoms with Crippen LogP contribution in [0.3, 0.4) is 0 Å². The van der Waals surface area contributed by atoms with Crippen molar-refractivity contribution in [2.45, 2.75) is 0 Å². The summed E-state index contributed by atoms with van der Waals surface area (Å²) in [5.74, 6) is 1.14. The SMILES string of the molecule is COc1cc(OC)c(-c2ccc[nH]2)cc1O. The Kier molecular flexibility index (Phi) is 2.72. The van der Waals surface area contributed by atoms with E-state index in [2.05, 4.69) is 4.98 Å². The first-order valence-electron chi connectivity index (χ1n) is 4.85. The number of hydrogen-bond acceptors (Lipinski definition) is 3. The number of rotatable bonds is 3. The van der Waals surface area contributed by atoms with Crippen molar-refractivity contribution in [3.05, 3.63) is 30.5 Å². The fraction of sp³-hybridized carbons (Fsp3) is 0.167. The van der Waals surface area contributed by atoms with Crippen molar-refractivity contribution in [3.8, 4) is 28.5 Å². The first kappa shape index (κ1) is 10.4. The van der Waals surface area contributed by atoms with Crippen LogP contribution in [0.1, 0.15) is 0 Å². The van der Waals surface area contributed by atoms with Gasteiger partial charge in [0, 0.05) is 23.5 Å². The maximum absolute atomic E-state index is 9.72. The molecule has 1 aromatic heterocycles. The number of aromatic amines is 1. The summed E-state index contributed by atoms with van der Waals surface area (Å²) < 4.78 is 10.3. The summed E-state index contributed by atoms with van der Waals surface area (Å²) in [5, 5.41) is 9.72. The highest BCUT2D eigenvalue weighted by Crippen LogP contribution is 2.38. The number of hydrogen-bond donors (Lipinski definition) is 2. The van der Waals surface area contributed by atoms with Crippen LogP contribution in [0.2, 0.25) is 0 Å². The van der Waals surface area contributed by atoms with Gasteiger partial charge in [0.25, 0.3) is 0 Å². The van der Waals surface area contributed by atoms with Crippen molar-refractivity contribution in [1.82, 2.24) is 4.98 Å². The lowest BCUT2D eigenvalue weighted by atomic mass is 10.1. The smallest absolute Gasteiger partial charge is 0.164 e. The number of nitrogens with one attached hydrogen (secondary N) is 1. The molecule has 84 valence electrons. The van der Waals surface area contributed by atoms with E-state index in [0.717, 1.165) is 11.3 Å². The number of phenolic OH excluding ortho intramolecular Hbond substituents is 1. The Morgan fingerprint density at radius 1 is 1.12 bits per heavy atom. The Hall–Kier alpha value is -2.10. The monoisotopic (exact) mass is 219 g/mol. The molecule has 0 spiro atoms. The summed E-state index contributed by atoms with van der Waals surface area (Å²) in [6, 6.07) is 7.06. The number of H-pyrrole nitrogens is 1. The molecule has 0 saturated carbocycles. The van der Waals surface area contributed by atoms with Crippen LogP contribution in [0.15, 0.2) is 30.5 Å². The molecule has 0 unspecified atom stereocenters. The van der Waals surface area contributed by atoms with E-state index in [9.17, 15) is 5.11 Å². The first-order valence-corrected chi connectivity index (χ1v) is 4.85. The number of phenols is 1. The highest BCUT2D eigenvalue weighted by Gasteiger charge is 2.12. The van der Waals surface area contributed by atoms with Gasteiger partial charge in [-0.15, -0.1) is 0 Å². The first-order chi connectivity index (χ1) is 7.76. The molecule has 1 aromatic carbocycles. The van der Waals surface area contributed by atoms with Crippen LogP contribution in [0, 0.1) is 0 Å². The second kappa shape index (κ2) is 4.18. The van der Waals surface area contributed by atoms with E-state index in [4.69, 9.17) is 9.47 Å².